The third-order valence-corrected chi connectivity index (χ3v) is 2.75. The Kier molecular flexibility index (Phi) is 7.06. The van der Waals surface area contributed by atoms with Crippen molar-refractivity contribution in [3.63, 3.8) is 0 Å². The van der Waals surface area contributed by atoms with E-state index in [9.17, 15) is 0 Å². The van der Waals surface area contributed by atoms with Gasteiger partial charge in [-0.25, -0.2) is 0 Å². The van der Waals surface area contributed by atoms with Crippen LogP contribution in [0.15, 0.2) is 43.2 Å². The highest BCUT2D eigenvalue weighted by atomic mass is 15.2. The Bertz CT molecular complexity index is 734. The number of nitrogens with one attached hydrogen (secondary N) is 1. The predicted molar refractivity (Wildman–Crippen MR) is 97.9 cm³/mol. The van der Waals surface area contributed by atoms with Crippen LogP contribution in [0.1, 0.15) is 26.5 Å². The molecule has 0 unspecified atom stereocenters. The van der Waals surface area contributed by atoms with Gasteiger partial charge in [0.25, 0.3) is 0 Å². The SMILES string of the molecule is C=CN.CC(C)C.Cc1[nH]nc2ccc(-c3ccn(C)n3)cc12. The van der Waals surface area contributed by atoms with Crippen molar-refractivity contribution in [2.45, 2.75) is 27.7 Å². The summed E-state index contributed by atoms with van der Waals surface area (Å²) in [6.45, 7) is 11.7. The average molecular weight is 313 g/mol. The third-order valence-electron chi connectivity index (χ3n) is 2.75. The van der Waals surface area contributed by atoms with Gasteiger partial charge in [0.1, 0.15) is 0 Å². The summed E-state index contributed by atoms with van der Waals surface area (Å²) in [7, 11) is 1.92. The highest BCUT2D eigenvalue weighted by Crippen LogP contribution is 2.23. The van der Waals surface area contributed by atoms with E-state index in [1.54, 1.807) is 0 Å². The van der Waals surface area contributed by atoms with Crippen LogP contribution in [0.4, 0.5) is 0 Å². The molecule has 2 heterocycles. The van der Waals surface area contributed by atoms with Crippen LogP contribution in [0, 0.1) is 12.8 Å². The van der Waals surface area contributed by atoms with Gasteiger partial charge >= 0.3 is 0 Å². The highest BCUT2D eigenvalue weighted by Gasteiger charge is 2.05. The molecule has 124 valence electrons. The molecule has 0 fully saturated rings. The molecule has 0 spiro atoms. The molecule has 0 amide bonds. The van der Waals surface area contributed by atoms with E-state index in [0.717, 1.165) is 33.8 Å². The molecule has 0 saturated carbocycles. The Labute approximate surface area is 138 Å². The van der Waals surface area contributed by atoms with Crippen LogP contribution < -0.4 is 5.73 Å². The van der Waals surface area contributed by atoms with Crippen molar-refractivity contribution in [3.8, 4) is 11.3 Å². The van der Waals surface area contributed by atoms with Crippen LogP contribution in [0.25, 0.3) is 22.2 Å². The third kappa shape index (κ3) is 5.62. The molecule has 3 aromatic rings. The van der Waals surface area contributed by atoms with Crippen molar-refractivity contribution >= 4 is 10.9 Å². The Balaban J connectivity index is 0.000000325. The van der Waals surface area contributed by atoms with E-state index in [1.165, 1.54) is 6.20 Å². The molecule has 0 radical (unpaired) electrons. The van der Waals surface area contributed by atoms with Gasteiger partial charge in [0.05, 0.1) is 11.2 Å². The number of nitrogens with two attached hydrogens (primary N) is 1. The molecule has 1 aromatic carbocycles. The molecule has 0 aliphatic carbocycles. The molecule has 5 nitrogen and oxygen atoms in total. The summed E-state index contributed by atoms with van der Waals surface area (Å²) in [6, 6.07) is 8.20. The first kappa shape index (κ1) is 18.5. The lowest BCUT2D eigenvalue weighted by Gasteiger charge is -1.97. The fourth-order valence-corrected chi connectivity index (χ4v) is 1.87. The number of aromatic amines is 1. The largest absolute Gasteiger partial charge is 0.405 e. The van der Waals surface area contributed by atoms with E-state index in [0.29, 0.717) is 0 Å². The smallest absolute Gasteiger partial charge is 0.0924 e. The Morgan fingerprint density at radius 1 is 1.26 bits per heavy atom. The molecule has 23 heavy (non-hydrogen) atoms. The number of aryl methyl sites for hydroxylation is 2. The number of fused-ring (bicyclic) bond motifs is 1. The molecule has 0 bridgehead atoms. The monoisotopic (exact) mass is 313 g/mol. The fraction of sp³-hybridized carbons (Fsp3) is 0.333. The normalized spacial score (nSPS) is 9.83. The van der Waals surface area contributed by atoms with Crippen LogP contribution in [-0.4, -0.2) is 20.0 Å². The topological polar surface area (TPSA) is 72.5 Å². The number of aromatic nitrogens is 4. The number of nitrogens with zero attached hydrogens (tertiary/aromatic N) is 3. The number of hydrogen-bond acceptors (Lipinski definition) is 3. The van der Waals surface area contributed by atoms with Crippen LogP contribution >= 0.6 is 0 Å². The Morgan fingerprint density at radius 2 is 1.87 bits per heavy atom. The predicted octanol–water partition coefficient (Wildman–Crippen LogP) is 4.02. The van der Waals surface area contributed by atoms with Crippen molar-refractivity contribution < 1.29 is 0 Å². The molecule has 0 aliphatic rings. The van der Waals surface area contributed by atoms with Crippen molar-refractivity contribution in [2.75, 3.05) is 0 Å². The first-order chi connectivity index (χ1) is 10.9. The zero-order valence-corrected chi connectivity index (χ0v) is 14.7. The van der Waals surface area contributed by atoms with Crippen LogP contribution in [0.2, 0.25) is 0 Å². The van der Waals surface area contributed by atoms with Crippen molar-refractivity contribution in [2.24, 2.45) is 18.7 Å². The number of hydrogen-bond donors (Lipinski definition) is 2. The summed E-state index contributed by atoms with van der Waals surface area (Å²) in [5, 5.41) is 12.7. The van der Waals surface area contributed by atoms with Crippen LogP contribution in [-0.2, 0) is 7.05 Å². The lowest BCUT2D eigenvalue weighted by Crippen LogP contribution is -1.87. The highest BCUT2D eigenvalue weighted by molar-refractivity contribution is 5.85. The molecule has 0 aliphatic heterocycles. The first-order valence-corrected chi connectivity index (χ1v) is 7.66. The summed E-state index contributed by atoms with van der Waals surface area (Å²) >= 11 is 0. The molecule has 2 aromatic heterocycles. The summed E-state index contributed by atoms with van der Waals surface area (Å²) in [4.78, 5) is 0. The standard InChI is InChI=1S/C12H12N4.C4H10.C2H5N/c1-8-10-7-9(3-4-12(10)14-13-8)11-5-6-16(2)15-11;1-4(2)3;1-2-3/h3-7H,1-2H3,(H,13,14);4H,1-3H3;2H,1,3H2. The van der Waals surface area contributed by atoms with Gasteiger partial charge in [-0.05, 0) is 37.2 Å². The fourth-order valence-electron chi connectivity index (χ4n) is 1.87. The van der Waals surface area contributed by atoms with E-state index in [2.05, 4.69) is 54.4 Å². The van der Waals surface area contributed by atoms with E-state index in [1.807, 2.05) is 43.0 Å². The molecular weight excluding hydrogens is 286 g/mol. The average Bonchev–Trinajstić information content (AvgIpc) is 3.06. The minimum Gasteiger partial charge on any atom is -0.405 e. The van der Waals surface area contributed by atoms with Gasteiger partial charge in [-0.15, -0.1) is 0 Å². The molecule has 0 atom stereocenters. The maximum absolute atomic E-state index is 4.61. The molecule has 3 rings (SSSR count). The van der Waals surface area contributed by atoms with Crippen molar-refractivity contribution in [1.29, 1.82) is 0 Å². The molecule has 0 saturated heterocycles. The lowest BCUT2D eigenvalue weighted by atomic mass is 10.1. The second kappa shape index (κ2) is 8.78. The second-order valence-electron chi connectivity index (χ2n) is 5.92. The maximum atomic E-state index is 4.61. The number of rotatable bonds is 1. The van der Waals surface area contributed by atoms with Gasteiger partial charge in [0.15, 0.2) is 0 Å². The molecular formula is C18H27N5. The molecule has 3 N–H and O–H groups in total. The number of benzene rings is 1. The maximum Gasteiger partial charge on any atom is 0.0924 e. The lowest BCUT2D eigenvalue weighted by molar-refractivity contribution is 0.737. The van der Waals surface area contributed by atoms with Crippen molar-refractivity contribution in [1.82, 2.24) is 20.0 Å². The zero-order chi connectivity index (χ0) is 17.4. The van der Waals surface area contributed by atoms with Gasteiger partial charge in [0.2, 0.25) is 0 Å². The van der Waals surface area contributed by atoms with Gasteiger partial charge in [-0.3, -0.25) is 9.78 Å². The summed E-state index contributed by atoms with van der Waals surface area (Å²) < 4.78 is 1.81. The van der Waals surface area contributed by atoms with E-state index >= 15 is 0 Å². The minimum absolute atomic E-state index is 0.833. The van der Waals surface area contributed by atoms with Gasteiger partial charge in [0, 0.05) is 29.9 Å². The van der Waals surface area contributed by atoms with Gasteiger partial charge in [-0.1, -0.05) is 33.4 Å². The van der Waals surface area contributed by atoms with E-state index < -0.39 is 0 Å². The van der Waals surface area contributed by atoms with E-state index in [4.69, 9.17) is 0 Å². The van der Waals surface area contributed by atoms with Gasteiger partial charge in [-0.2, -0.15) is 10.2 Å². The van der Waals surface area contributed by atoms with Crippen LogP contribution in [0.5, 0.6) is 0 Å². The summed E-state index contributed by atoms with van der Waals surface area (Å²) in [6.07, 6.45) is 3.20. The Hall–Kier alpha value is -2.56. The van der Waals surface area contributed by atoms with E-state index in [-0.39, 0.29) is 0 Å². The van der Waals surface area contributed by atoms with Crippen LogP contribution in [0.3, 0.4) is 0 Å². The quantitative estimate of drug-likeness (QED) is 0.712. The Morgan fingerprint density at radius 3 is 2.39 bits per heavy atom. The van der Waals surface area contributed by atoms with Crippen molar-refractivity contribution in [3.05, 3.63) is 48.9 Å². The second-order valence-corrected chi connectivity index (χ2v) is 5.92. The summed E-state index contributed by atoms with van der Waals surface area (Å²) in [5.41, 5.74) is 8.81. The zero-order valence-electron chi connectivity index (χ0n) is 14.7. The number of H-pyrrole nitrogens is 1. The first-order valence-electron chi connectivity index (χ1n) is 7.66. The minimum atomic E-state index is 0.833. The van der Waals surface area contributed by atoms with Gasteiger partial charge < -0.3 is 5.73 Å². The molecule has 5 heteroatoms. The summed E-state index contributed by atoms with van der Waals surface area (Å²) in [5.74, 6) is 0.833.